The van der Waals surface area contributed by atoms with E-state index in [1.165, 1.54) is 5.56 Å². The minimum atomic E-state index is -0.453. The number of amides is 1. The number of nitrogens with zero attached hydrogens (tertiary/aromatic N) is 2. The first-order chi connectivity index (χ1) is 11.9. The van der Waals surface area contributed by atoms with Crippen LogP contribution in [0.2, 0.25) is 0 Å². The maximum atomic E-state index is 12.1. The zero-order valence-electron chi connectivity index (χ0n) is 15.2. The predicted octanol–water partition coefficient (Wildman–Crippen LogP) is 4.38. The zero-order chi connectivity index (χ0) is 17.9. The molecule has 0 saturated carbocycles. The second-order valence-electron chi connectivity index (χ2n) is 7.62. The summed E-state index contributed by atoms with van der Waals surface area (Å²) in [5.41, 5.74) is 1.73. The van der Waals surface area contributed by atoms with Gasteiger partial charge < -0.3 is 14.2 Å². The molecule has 0 aliphatic carbocycles. The van der Waals surface area contributed by atoms with Crippen LogP contribution in [0.1, 0.15) is 56.5 Å². The highest BCUT2D eigenvalue weighted by molar-refractivity contribution is 5.68. The molecule has 1 amide bonds. The molecule has 0 N–H and O–H groups in total. The lowest BCUT2D eigenvalue weighted by atomic mass is 9.94. The summed E-state index contributed by atoms with van der Waals surface area (Å²) < 4.78 is 11.0. The van der Waals surface area contributed by atoms with E-state index < -0.39 is 5.60 Å². The van der Waals surface area contributed by atoms with E-state index >= 15 is 0 Å². The molecule has 0 spiro atoms. The Kier molecular flexibility index (Phi) is 5.11. The van der Waals surface area contributed by atoms with E-state index in [0.29, 0.717) is 19.0 Å². The van der Waals surface area contributed by atoms with Crippen molar-refractivity contribution in [2.45, 2.75) is 51.6 Å². The maximum absolute atomic E-state index is 12.1. The van der Waals surface area contributed by atoms with Crippen molar-refractivity contribution in [1.82, 2.24) is 10.1 Å². The van der Waals surface area contributed by atoms with Crippen molar-refractivity contribution in [1.29, 1.82) is 0 Å². The number of likely N-dealkylation sites (tertiary alicyclic amines) is 1. The zero-order valence-corrected chi connectivity index (χ0v) is 15.2. The van der Waals surface area contributed by atoms with Crippen molar-refractivity contribution in [2.24, 2.45) is 0 Å². The molecule has 2 aromatic rings. The quantitative estimate of drug-likeness (QED) is 0.830. The number of rotatable bonds is 3. The second-order valence-corrected chi connectivity index (χ2v) is 7.62. The summed E-state index contributed by atoms with van der Waals surface area (Å²) in [5, 5.41) is 4.21. The molecule has 5 heteroatoms. The van der Waals surface area contributed by atoms with Crippen LogP contribution in [0.5, 0.6) is 0 Å². The Hall–Kier alpha value is -2.30. The molecule has 1 aliphatic heterocycles. The van der Waals surface area contributed by atoms with Gasteiger partial charge in [-0.2, -0.15) is 0 Å². The van der Waals surface area contributed by atoms with E-state index in [0.717, 1.165) is 30.7 Å². The second kappa shape index (κ2) is 7.30. The molecular weight excluding hydrogens is 316 g/mol. The van der Waals surface area contributed by atoms with Crippen molar-refractivity contribution >= 4 is 6.09 Å². The molecule has 3 rings (SSSR count). The van der Waals surface area contributed by atoms with E-state index in [1.807, 2.05) is 39.0 Å². The van der Waals surface area contributed by atoms with Gasteiger partial charge in [-0.05, 0) is 39.2 Å². The highest BCUT2D eigenvalue weighted by Crippen LogP contribution is 2.29. The Labute approximate surface area is 148 Å². The first kappa shape index (κ1) is 17.5. The fourth-order valence-corrected chi connectivity index (χ4v) is 3.08. The average molecular weight is 342 g/mol. The molecule has 134 valence electrons. The van der Waals surface area contributed by atoms with Crippen LogP contribution in [-0.2, 0) is 11.2 Å². The monoisotopic (exact) mass is 342 g/mol. The van der Waals surface area contributed by atoms with Crippen LogP contribution >= 0.6 is 0 Å². The van der Waals surface area contributed by atoms with Crippen LogP contribution in [0.3, 0.4) is 0 Å². The number of benzene rings is 1. The van der Waals surface area contributed by atoms with Crippen LogP contribution in [0.15, 0.2) is 40.9 Å². The van der Waals surface area contributed by atoms with Crippen molar-refractivity contribution in [3.05, 3.63) is 53.4 Å². The van der Waals surface area contributed by atoms with Crippen LogP contribution in [-0.4, -0.2) is 34.8 Å². The summed E-state index contributed by atoms with van der Waals surface area (Å²) in [4.78, 5) is 13.9. The number of ether oxygens (including phenoxy) is 1. The van der Waals surface area contributed by atoms with Gasteiger partial charge in [0.15, 0.2) is 0 Å². The van der Waals surface area contributed by atoms with Gasteiger partial charge in [-0.1, -0.05) is 35.5 Å². The first-order valence-corrected chi connectivity index (χ1v) is 8.88. The van der Waals surface area contributed by atoms with E-state index in [1.54, 1.807) is 4.90 Å². The SMILES string of the molecule is CC(C)(C)OC(=O)N1CCC(c2cc(Cc3ccccc3)no2)CC1. The molecule has 1 aromatic carbocycles. The van der Waals surface area contributed by atoms with Gasteiger partial charge in [0.25, 0.3) is 0 Å². The lowest BCUT2D eigenvalue weighted by Crippen LogP contribution is -2.41. The Morgan fingerprint density at radius 3 is 2.56 bits per heavy atom. The Morgan fingerprint density at radius 1 is 1.24 bits per heavy atom. The summed E-state index contributed by atoms with van der Waals surface area (Å²) in [7, 11) is 0. The molecular formula is C20H26N2O3. The molecule has 1 saturated heterocycles. The van der Waals surface area contributed by atoms with Gasteiger partial charge in [0.2, 0.25) is 0 Å². The third-order valence-electron chi connectivity index (χ3n) is 4.35. The molecule has 0 atom stereocenters. The minimum absolute atomic E-state index is 0.228. The fourth-order valence-electron chi connectivity index (χ4n) is 3.08. The summed E-state index contributed by atoms with van der Waals surface area (Å²) in [6.07, 6.45) is 2.30. The van der Waals surface area contributed by atoms with E-state index in [2.05, 4.69) is 23.4 Å². The fraction of sp³-hybridized carbons (Fsp3) is 0.500. The number of carbonyl (C=O) groups is 1. The molecule has 5 nitrogen and oxygen atoms in total. The van der Waals surface area contributed by atoms with Crippen molar-refractivity contribution in [3.63, 3.8) is 0 Å². The highest BCUT2D eigenvalue weighted by Gasteiger charge is 2.29. The smallest absolute Gasteiger partial charge is 0.410 e. The Balaban J connectivity index is 1.54. The van der Waals surface area contributed by atoms with Gasteiger partial charge in [-0.15, -0.1) is 0 Å². The average Bonchev–Trinajstić information content (AvgIpc) is 3.03. The van der Waals surface area contributed by atoms with E-state index in [-0.39, 0.29) is 6.09 Å². The summed E-state index contributed by atoms with van der Waals surface area (Å²) in [6, 6.07) is 12.3. The maximum Gasteiger partial charge on any atom is 0.410 e. The third kappa shape index (κ3) is 4.84. The molecule has 25 heavy (non-hydrogen) atoms. The van der Waals surface area contributed by atoms with Crippen LogP contribution in [0.25, 0.3) is 0 Å². The molecule has 1 aromatic heterocycles. The summed E-state index contributed by atoms with van der Waals surface area (Å²) in [5.74, 6) is 1.24. The lowest BCUT2D eigenvalue weighted by molar-refractivity contribution is 0.0199. The predicted molar refractivity (Wildman–Crippen MR) is 95.5 cm³/mol. The van der Waals surface area contributed by atoms with Crippen molar-refractivity contribution < 1.29 is 14.1 Å². The largest absolute Gasteiger partial charge is 0.444 e. The normalized spacial score (nSPS) is 16.0. The molecule has 1 aliphatic rings. The molecule has 0 bridgehead atoms. The number of aromatic nitrogens is 1. The Bertz CT molecular complexity index is 695. The van der Waals surface area contributed by atoms with Gasteiger partial charge in [-0.25, -0.2) is 4.79 Å². The summed E-state index contributed by atoms with van der Waals surface area (Å²) in [6.45, 7) is 7.05. The first-order valence-electron chi connectivity index (χ1n) is 8.88. The molecule has 0 radical (unpaired) electrons. The van der Waals surface area contributed by atoms with E-state index in [9.17, 15) is 4.79 Å². The van der Waals surface area contributed by atoms with Gasteiger partial charge in [0.05, 0.1) is 5.69 Å². The van der Waals surface area contributed by atoms with Crippen LogP contribution in [0.4, 0.5) is 4.79 Å². The third-order valence-corrected chi connectivity index (χ3v) is 4.35. The molecule has 0 unspecified atom stereocenters. The highest BCUT2D eigenvalue weighted by atomic mass is 16.6. The number of carbonyl (C=O) groups excluding carboxylic acids is 1. The van der Waals surface area contributed by atoms with Gasteiger partial charge in [-0.3, -0.25) is 0 Å². The van der Waals surface area contributed by atoms with Gasteiger partial charge in [0.1, 0.15) is 11.4 Å². The van der Waals surface area contributed by atoms with E-state index in [4.69, 9.17) is 9.26 Å². The van der Waals surface area contributed by atoms with Crippen LogP contribution < -0.4 is 0 Å². The number of hydrogen-bond donors (Lipinski definition) is 0. The van der Waals surface area contributed by atoms with Crippen molar-refractivity contribution in [3.8, 4) is 0 Å². The number of piperidine rings is 1. The number of hydrogen-bond acceptors (Lipinski definition) is 4. The van der Waals surface area contributed by atoms with Crippen molar-refractivity contribution in [2.75, 3.05) is 13.1 Å². The lowest BCUT2D eigenvalue weighted by Gasteiger charge is -2.32. The van der Waals surface area contributed by atoms with Gasteiger partial charge >= 0.3 is 6.09 Å². The molecule has 1 fully saturated rings. The minimum Gasteiger partial charge on any atom is -0.444 e. The molecule has 2 heterocycles. The topological polar surface area (TPSA) is 55.6 Å². The Morgan fingerprint density at radius 2 is 1.92 bits per heavy atom. The standard InChI is InChI=1S/C20H26N2O3/c1-20(2,3)24-19(23)22-11-9-16(10-12-22)18-14-17(21-25-18)13-15-7-5-4-6-8-15/h4-8,14,16H,9-13H2,1-3H3. The van der Waals surface area contributed by atoms with Crippen LogP contribution in [0, 0.1) is 0 Å². The van der Waals surface area contributed by atoms with Gasteiger partial charge in [0, 0.05) is 31.5 Å². The summed E-state index contributed by atoms with van der Waals surface area (Å²) >= 11 is 0.